The number of aliphatic hydroxyl groups excluding tert-OH is 1. The molecule has 0 fully saturated rings. The van der Waals surface area contributed by atoms with E-state index in [1.54, 1.807) is 0 Å². The Hall–Kier alpha value is -1.94. The van der Waals surface area contributed by atoms with Crippen LogP contribution >= 0.6 is 15.6 Å². The van der Waals surface area contributed by atoms with E-state index in [0.717, 1.165) is 114 Å². The molecular formula is C92H180O17P2. The van der Waals surface area contributed by atoms with Crippen molar-refractivity contribution in [1.29, 1.82) is 0 Å². The molecule has 17 nitrogen and oxygen atoms in total. The van der Waals surface area contributed by atoms with E-state index in [2.05, 4.69) is 55.4 Å². The van der Waals surface area contributed by atoms with Gasteiger partial charge in [0, 0.05) is 25.7 Å². The normalized spacial score (nSPS) is 14.1. The van der Waals surface area contributed by atoms with Crippen molar-refractivity contribution >= 4 is 39.5 Å². The largest absolute Gasteiger partial charge is 0.472 e. The summed E-state index contributed by atoms with van der Waals surface area (Å²) in [4.78, 5) is 73.4. The Labute approximate surface area is 683 Å². The van der Waals surface area contributed by atoms with Crippen LogP contribution in [0.2, 0.25) is 0 Å². The Morgan fingerprint density at radius 1 is 0.252 bits per heavy atom. The summed E-state index contributed by atoms with van der Waals surface area (Å²) in [5.74, 6) is 1.08. The standard InChI is InChI=1S/C92H180O17P2/c1-9-85(8)71-63-55-46-40-34-28-22-15-11-13-17-25-31-37-43-49-58-66-74-91(96)108-87(78-102-89(94)72-64-56-47-41-35-29-23-19-18-21-27-33-39-45-53-61-69-83(4)5)80-106-110(98,99)104-76-86(93)77-105-111(100,101)107-81-88(79-103-90(95)73-65-57-51-50-54-62-70-84(6)7)109-92(97)75-67-59-48-42-36-30-24-16-12-10-14-20-26-32-38-44-52-60-68-82(2)3/h82-88,93H,9-81H2,1-8H3,(H,98,99)(H,100,101)/t85?,86?,87-,88-/m1/s1. The van der Waals surface area contributed by atoms with E-state index in [0.29, 0.717) is 31.6 Å². The van der Waals surface area contributed by atoms with Gasteiger partial charge in [-0.1, -0.05) is 434 Å². The fraction of sp³-hybridized carbons (Fsp3) is 0.957. The predicted molar refractivity (Wildman–Crippen MR) is 460 cm³/mol. The third kappa shape index (κ3) is 84.3. The Kier molecular flexibility index (Phi) is 79.1. The SMILES string of the molecule is CCC(C)CCCCCCCCCCCCCCCCCCCCC(=O)O[C@H](COC(=O)CCCCCCCCCCCCCCCCCCC(C)C)COP(=O)(O)OCC(O)COP(=O)(O)OC[C@@H](COC(=O)CCCCCCCCC(C)C)OC(=O)CCCCCCCCCCCCCCCCCCCCC(C)C. The van der Waals surface area contributed by atoms with Crippen LogP contribution in [0.15, 0.2) is 0 Å². The summed E-state index contributed by atoms with van der Waals surface area (Å²) in [6, 6.07) is 0. The number of phosphoric acid groups is 2. The number of ether oxygens (including phenoxy) is 4. The zero-order valence-electron chi connectivity index (χ0n) is 73.6. The van der Waals surface area contributed by atoms with E-state index >= 15 is 0 Å². The summed E-state index contributed by atoms with van der Waals surface area (Å²) in [6.07, 6.45) is 72.5. The van der Waals surface area contributed by atoms with Gasteiger partial charge in [0.05, 0.1) is 26.4 Å². The number of carbonyl (C=O) groups excluding carboxylic acids is 4. The molecule has 0 saturated heterocycles. The van der Waals surface area contributed by atoms with Crippen molar-refractivity contribution in [1.82, 2.24) is 0 Å². The van der Waals surface area contributed by atoms with Crippen LogP contribution in [-0.4, -0.2) is 96.7 Å². The first-order valence-corrected chi connectivity index (χ1v) is 50.2. The number of aliphatic hydroxyl groups is 1. The Bertz CT molecular complexity index is 2150. The molecule has 0 aromatic rings. The molecule has 0 bridgehead atoms. The molecule has 0 aliphatic carbocycles. The minimum Gasteiger partial charge on any atom is -0.462 e. The summed E-state index contributed by atoms with van der Waals surface area (Å²) in [6.45, 7) is 14.4. The Balaban J connectivity index is 5.19. The average Bonchev–Trinajstić information content (AvgIpc) is 0.897. The van der Waals surface area contributed by atoms with Gasteiger partial charge in [0.2, 0.25) is 0 Å². The van der Waals surface area contributed by atoms with Gasteiger partial charge in [0.15, 0.2) is 12.2 Å². The van der Waals surface area contributed by atoms with Gasteiger partial charge in [-0.2, -0.15) is 0 Å². The van der Waals surface area contributed by atoms with E-state index in [9.17, 15) is 43.2 Å². The molecule has 0 aromatic carbocycles. The second-order valence-electron chi connectivity index (χ2n) is 34.7. The molecule has 0 radical (unpaired) electrons. The third-order valence-electron chi connectivity index (χ3n) is 21.9. The van der Waals surface area contributed by atoms with Crippen molar-refractivity contribution in [3.63, 3.8) is 0 Å². The first-order chi connectivity index (χ1) is 53.6. The Morgan fingerprint density at radius 2 is 0.432 bits per heavy atom. The van der Waals surface area contributed by atoms with Gasteiger partial charge in [0.1, 0.15) is 19.3 Å². The minimum absolute atomic E-state index is 0.107. The number of hydrogen-bond acceptors (Lipinski definition) is 15. The lowest BCUT2D eigenvalue weighted by molar-refractivity contribution is -0.161. The highest BCUT2D eigenvalue weighted by Gasteiger charge is 2.31. The van der Waals surface area contributed by atoms with Crippen LogP contribution in [0.4, 0.5) is 0 Å². The lowest BCUT2D eigenvalue weighted by atomic mass is 9.99. The lowest BCUT2D eigenvalue weighted by Crippen LogP contribution is -2.30. The van der Waals surface area contributed by atoms with Gasteiger partial charge in [-0.05, 0) is 49.4 Å². The van der Waals surface area contributed by atoms with E-state index in [1.807, 2.05) is 0 Å². The summed E-state index contributed by atoms with van der Waals surface area (Å²) in [5, 5.41) is 10.7. The zero-order chi connectivity index (χ0) is 81.6. The second-order valence-corrected chi connectivity index (χ2v) is 37.6. The van der Waals surface area contributed by atoms with Gasteiger partial charge in [0.25, 0.3) is 0 Å². The highest BCUT2D eigenvalue weighted by molar-refractivity contribution is 7.47. The molecule has 3 N–H and O–H groups in total. The first kappa shape index (κ1) is 109. The molecule has 6 atom stereocenters. The molecule has 0 aliphatic heterocycles. The van der Waals surface area contributed by atoms with Gasteiger partial charge in [-0.25, -0.2) is 9.13 Å². The first-order valence-electron chi connectivity index (χ1n) is 47.2. The van der Waals surface area contributed by atoms with E-state index < -0.39 is 97.5 Å². The summed E-state index contributed by atoms with van der Waals surface area (Å²) >= 11 is 0. The van der Waals surface area contributed by atoms with E-state index in [1.165, 1.54) is 283 Å². The van der Waals surface area contributed by atoms with Crippen molar-refractivity contribution < 1.29 is 80.2 Å². The van der Waals surface area contributed by atoms with Crippen molar-refractivity contribution in [3.8, 4) is 0 Å². The molecule has 0 aromatic heterocycles. The Morgan fingerprint density at radius 3 is 0.640 bits per heavy atom. The van der Waals surface area contributed by atoms with Crippen LogP contribution in [0.5, 0.6) is 0 Å². The van der Waals surface area contributed by atoms with E-state index in [-0.39, 0.29) is 25.7 Å². The van der Waals surface area contributed by atoms with Crippen LogP contribution in [-0.2, 0) is 65.4 Å². The number of esters is 4. The number of carbonyl (C=O) groups is 4. The predicted octanol–water partition coefficient (Wildman–Crippen LogP) is 28.3. The van der Waals surface area contributed by atoms with Crippen molar-refractivity contribution in [2.24, 2.45) is 23.7 Å². The monoisotopic (exact) mass is 1620 g/mol. The van der Waals surface area contributed by atoms with Gasteiger partial charge in [-0.3, -0.25) is 37.3 Å². The second kappa shape index (κ2) is 80.5. The lowest BCUT2D eigenvalue weighted by Gasteiger charge is -2.21. The van der Waals surface area contributed by atoms with Crippen LogP contribution in [0, 0.1) is 23.7 Å². The molecule has 0 aliphatic rings. The molecular weight excluding hydrogens is 1440 g/mol. The van der Waals surface area contributed by atoms with Crippen LogP contribution < -0.4 is 0 Å². The van der Waals surface area contributed by atoms with Crippen molar-refractivity contribution in [3.05, 3.63) is 0 Å². The smallest absolute Gasteiger partial charge is 0.462 e. The maximum Gasteiger partial charge on any atom is 0.472 e. The molecule has 4 unspecified atom stereocenters. The van der Waals surface area contributed by atoms with Crippen molar-refractivity contribution in [2.75, 3.05) is 39.6 Å². The highest BCUT2D eigenvalue weighted by atomic mass is 31.2. The topological polar surface area (TPSA) is 237 Å². The van der Waals surface area contributed by atoms with Gasteiger partial charge >= 0.3 is 39.5 Å². The van der Waals surface area contributed by atoms with Crippen LogP contribution in [0.25, 0.3) is 0 Å². The van der Waals surface area contributed by atoms with Gasteiger partial charge in [-0.15, -0.1) is 0 Å². The molecule has 111 heavy (non-hydrogen) atoms. The molecule has 0 saturated carbocycles. The average molecular weight is 1620 g/mol. The maximum atomic E-state index is 13.2. The zero-order valence-corrected chi connectivity index (χ0v) is 75.4. The number of rotatable bonds is 89. The minimum atomic E-state index is -4.97. The molecule has 0 spiro atoms. The molecule has 0 amide bonds. The summed E-state index contributed by atoms with van der Waals surface area (Å²) < 4.78 is 69.0. The van der Waals surface area contributed by atoms with Gasteiger partial charge < -0.3 is 33.8 Å². The van der Waals surface area contributed by atoms with Crippen LogP contribution in [0.1, 0.15) is 486 Å². The fourth-order valence-corrected chi connectivity index (χ4v) is 15.9. The number of hydrogen-bond donors (Lipinski definition) is 3. The molecule has 660 valence electrons. The molecule has 19 heteroatoms. The quantitative estimate of drug-likeness (QED) is 0.0222. The highest BCUT2D eigenvalue weighted by Crippen LogP contribution is 2.45. The third-order valence-corrected chi connectivity index (χ3v) is 23.8. The molecule has 0 heterocycles. The van der Waals surface area contributed by atoms with Crippen LogP contribution in [0.3, 0.4) is 0 Å². The maximum absolute atomic E-state index is 13.2. The van der Waals surface area contributed by atoms with Crippen molar-refractivity contribution in [2.45, 2.75) is 504 Å². The molecule has 0 rings (SSSR count). The fourth-order valence-electron chi connectivity index (χ4n) is 14.3. The number of phosphoric ester groups is 2. The summed E-state index contributed by atoms with van der Waals surface area (Å²) in [7, 11) is -9.94. The van der Waals surface area contributed by atoms with E-state index in [4.69, 9.17) is 37.0 Å². The number of unbranched alkanes of at least 4 members (excludes halogenated alkanes) is 54. The summed E-state index contributed by atoms with van der Waals surface area (Å²) in [5.41, 5.74) is 0.